The van der Waals surface area contributed by atoms with Crippen LogP contribution in [0.5, 0.6) is 0 Å². The molecule has 0 radical (unpaired) electrons. The average molecular weight is 299 g/mol. The molecule has 1 aliphatic heterocycles. The van der Waals surface area contributed by atoms with Crippen LogP contribution in [0.25, 0.3) is 0 Å². The Balaban J connectivity index is 2.08. The second-order valence-electron chi connectivity index (χ2n) is 8.14. The Labute approximate surface area is 132 Å². The van der Waals surface area contributed by atoms with Gasteiger partial charge >= 0.3 is 0 Å². The lowest BCUT2D eigenvalue weighted by Crippen LogP contribution is -2.44. The fraction of sp³-hybridized carbons (Fsp3) is 1.00. The van der Waals surface area contributed by atoms with E-state index in [0.29, 0.717) is 17.9 Å². The molecule has 21 heavy (non-hydrogen) atoms. The number of rotatable bonds is 9. The van der Waals surface area contributed by atoms with Crippen molar-refractivity contribution in [2.45, 2.75) is 59.3 Å². The molecule has 1 rings (SSSR count). The van der Waals surface area contributed by atoms with E-state index >= 15 is 0 Å². The molecule has 1 aliphatic rings. The predicted molar refractivity (Wildman–Crippen MR) is 91.7 cm³/mol. The highest BCUT2D eigenvalue weighted by molar-refractivity contribution is 4.71. The topological polar surface area (TPSA) is 26.7 Å². The molecule has 0 saturated carbocycles. The molecule has 3 nitrogen and oxygen atoms in total. The van der Waals surface area contributed by atoms with E-state index in [1.807, 2.05) is 0 Å². The van der Waals surface area contributed by atoms with Crippen molar-refractivity contribution in [2.24, 2.45) is 11.3 Å². The summed E-state index contributed by atoms with van der Waals surface area (Å²) in [5.74, 6) is 0.707. The highest BCUT2D eigenvalue weighted by atomic mass is 16.3. The Morgan fingerprint density at radius 1 is 0.952 bits per heavy atom. The van der Waals surface area contributed by atoms with Gasteiger partial charge in [0, 0.05) is 32.8 Å². The lowest BCUT2D eigenvalue weighted by atomic mass is 9.81. The first-order valence-electron chi connectivity index (χ1n) is 8.92. The second kappa shape index (κ2) is 9.81. The molecule has 1 heterocycles. The van der Waals surface area contributed by atoms with Crippen molar-refractivity contribution in [3.05, 3.63) is 0 Å². The second-order valence-corrected chi connectivity index (χ2v) is 8.14. The van der Waals surface area contributed by atoms with Crippen LogP contribution in [-0.2, 0) is 0 Å². The summed E-state index contributed by atoms with van der Waals surface area (Å²) in [6.07, 6.45) is 7.53. The summed E-state index contributed by atoms with van der Waals surface area (Å²) in [5.41, 5.74) is 0.389. The van der Waals surface area contributed by atoms with Gasteiger partial charge < -0.3 is 14.9 Å². The van der Waals surface area contributed by atoms with Gasteiger partial charge in [0.25, 0.3) is 0 Å². The van der Waals surface area contributed by atoms with Gasteiger partial charge in [-0.1, -0.05) is 40.0 Å². The van der Waals surface area contributed by atoms with Gasteiger partial charge in [-0.2, -0.15) is 0 Å². The van der Waals surface area contributed by atoms with Crippen LogP contribution in [0.3, 0.4) is 0 Å². The van der Waals surface area contributed by atoms with Crippen LogP contribution in [0.2, 0.25) is 0 Å². The van der Waals surface area contributed by atoms with E-state index < -0.39 is 0 Å². The average Bonchev–Trinajstić information content (AvgIpc) is 2.39. The van der Waals surface area contributed by atoms with Gasteiger partial charge in [0.15, 0.2) is 0 Å². The Bertz CT molecular complexity index is 254. The zero-order valence-electron chi connectivity index (χ0n) is 14.9. The molecule has 126 valence electrons. The van der Waals surface area contributed by atoms with E-state index in [9.17, 15) is 5.11 Å². The Morgan fingerprint density at radius 2 is 1.62 bits per heavy atom. The SMILES string of the molecule is CN1CCN(CCCCC[C@@H](CCO)CC(C)(C)C)CC1. The minimum absolute atomic E-state index is 0.349. The number of unbranched alkanes of at least 4 members (excludes halogenated alkanes) is 2. The fourth-order valence-corrected chi connectivity index (χ4v) is 3.41. The molecule has 1 saturated heterocycles. The van der Waals surface area contributed by atoms with Crippen LogP contribution in [0.1, 0.15) is 59.3 Å². The summed E-state index contributed by atoms with van der Waals surface area (Å²) >= 11 is 0. The zero-order valence-corrected chi connectivity index (χ0v) is 14.9. The normalized spacial score (nSPS) is 19.9. The minimum Gasteiger partial charge on any atom is -0.396 e. The van der Waals surface area contributed by atoms with Gasteiger partial charge in [0.2, 0.25) is 0 Å². The van der Waals surface area contributed by atoms with Gasteiger partial charge in [0.05, 0.1) is 0 Å². The van der Waals surface area contributed by atoms with Crippen molar-refractivity contribution in [1.29, 1.82) is 0 Å². The molecule has 0 aromatic heterocycles. The summed E-state index contributed by atoms with van der Waals surface area (Å²) < 4.78 is 0. The number of piperazine rings is 1. The van der Waals surface area contributed by atoms with Crippen LogP contribution in [-0.4, -0.2) is 61.3 Å². The van der Waals surface area contributed by atoms with Gasteiger partial charge in [-0.15, -0.1) is 0 Å². The maximum absolute atomic E-state index is 9.22. The molecule has 0 aromatic rings. The predicted octanol–water partition coefficient (Wildman–Crippen LogP) is 3.23. The van der Waals surface area contributed by atoms with Crippen molar-refractivity contribution in [3.63, 3.8) is 0 Å². The largest absolute Gasteiger partial charge is 0.396 e. The molecule has 0 spiro atoms. The summed E-state index contributed by atoms with van der Waals surface area (Å²) in [5, 5.41) is 9.22. The number of nitrogens with zero attached hydrogens (tertiary/aromatic N) is 2. The molecule has 3 heteroatoms. The Kier molecular flexibility index (Phi) is 8.84. The first-order valence-corrected chi connectivity index (χ1v) is 8.92. The summed E-state index contributed by atoms with van der Waals surface area (Å²) in [6.45, 7) is 13.5. The molecular weight excluding hydrogens is 260 g/mol. The number of aliphatic hydroxyl groups is 1. The van der Waals surface area contributed by atoms with Crippen LogP contribution < -0.4 is 0 Å². The van der Waals surface area contributed by atoms with Crippen molar-refractivity contribution < 1.29 is 5.11 Å². The zero-order chi connectivity index (χ0) is 15.7. The third-order valence-corrected chi connectivity index (χ3v) is 4.62. The quantitative estimate of drug-likeness (QED) is 0.662. The first-order chi connectivity index (χ1) is 9.90. The third-order valence-electron chi connectivity index (χ3n) is 4.62. The van der Waals surface area contributed by atoms with Crippen molar-refractivity contribution >= 4 is 0 Å². The van der Waals surface area contributed by atoms with Gasteiger partial charge in [-0.3, -0.25) is 0 Å². The van der Waals surface area contributed by atoms with Gasteiger partial charge in [-0.05, 0) is 44.2 Å². The van der Waals surface area contributed by atoms with Crippen molar-refractivity contribution in [1.82, 2.24) is 9.80 Å². The molecule has 0 aromatic carbocycles. The third kappa shape index (κ3) is 9.49. The molecule has 0 bridgehead atoms. The lowest BCUT2D eigenvalue weighted by Gasteiger charge is -2.32. The summed E-state index contributed by atoms with van der Waals surface area (Å²) in [6, 6.07) is 0. The highest BCUT2D eigenvalue weighted by Crippen LogP contribution is 2.29. The number of hydrogen-bond donors (Lipinski definition) is 1. The van der Waals surface area contributed by atoms with Crippen LogP contribution >= 0.6 is 0 Å². The molecule has 0 unspecified atom stereocenters. The molecule has 1 N–H and O–H groups in total. The van der Waals surface area contributed by atoms with E-state index in [4.69, 9.17) is 0 Å². The van der Waals surface area contributed by atoms with Crippen LogP contribution in [0.4, 0.5) is 0 Å². The summed E-state index contributed by atoms with van der Waals surface area (Å²) in [7, 11) is 2.22. The maximum Gasteiger partial charge on any atom is 0.0433 e. The lowest BCUT2D eigenvalue weighted by molar-refractivity contribution is 0.151. The minimum atomic E-state index is 0.349. The molecule has 0 amide bonds. The summed E-state index contributed by atoms with van der Waals surface area (Å²) in [4.78, 5) is 5.03. The Morgan fingerprint density at radius 3 is 2.19 bits per heavy atom. The smallest absolute Gasteiger partial charge is 0.0433 e. The van der Waals surface area contributed by atoms with E-state index in [1.54, 1.807) is 0 Å². The maximum atomic E-state index is 9.22. The monoisotopic (exact) mass is 298 g/mol. The van der Waals surface area contributed by atoms with Gasteiger partial charge in [0.1, 0.15) is 0 Å². The number of aliphatic hydroxyl groups excluding tert-OH is 1. The van der Waals surface area contributed by atoms with E-state index in [2.05, 4.69) is 37.6 Å². The number of hydrogen-bond acceptors (Lipinski definition) is 3. The Hall–Kier alpha value is -0.120. The molecule has 0 aliphatic carbocycles. The first kappa shape index (κ1) is 18.9. The van der Waals surface area contributed by atoms with Gasteiger partial charge in [-0.25, -0.2) is 0 Å². The molecule has 1 atom stereocenters. The fourth-order valence-electron chi connectivity index (χ4n) is 3.41. The number of likely N-dealkylation sites (N-methyl/N-ethyl adjacent to an activating group) is 1. The van der Waals surface area contributed by atoms with Crippen molar-refractivity contribution in [2.75, 3.05) is 46.4 Å². The molecule has 1 fully saturated rings. The van der Waals surface area contributed by atoms with Crippen molar-refractivity contribution in [3.8, 4) is 0 Å². The van der Waals surface area contributed by atoms with Crippen LogP contribution in [0, 0.1) is 11.3 Å². The van der Waals surface area contributed by atoms with E-state index in [1.165, 1.54) is 64.8 Å². The molecular formula is C18H38N2O. The highest BCUT2D eigenvalue weighted by Gasteiger charge is 2.18. The standard InChI is InChI=1S/C18H38N2O/c1-18(2,3)16-17(9-15-21)8-6-5-7-10-20-13-11-19(4)12-14-20/h17,21H,5-16H2,1-4H3/t17-/m0/s1. The van der Waals surface area contributed by atoms with Crippen LogP contribution in [0.15, 0.2) is 0 Å². The van der Waals surface area contributed by atoms with E-state index in [-0.39, 0.29) is 0 Å². The van der Waals surface area contributed by atoms with E-state index in [0.717, 1.165) is 6.42 Å².